The molecule has 1 N–H and O–H groups in total. The first-order chi connectivity index (χ1) is 9.38. The Kier molecular flexibility index (Phi) is 3.30. The van der Waals surface area contributed by atoms with Crippen molar-refractivity contribution in [2.45, 2.75) is 25.3 Å². The molecule has 2 heterocycles. The fourth-order valence-electron chi connectivity index (χ4n) is 2.61. The third-order valence-corrected chi connectivity index (χ3v) is 3.59. The molecule has 0 bridgehead atoms. The summed E-state index contributed by atoms with van der Waals surface area (Å²) in [5.74, 6) is 0. The van der Waals surface area contributed by atoms with Gasteiger partial charge in [-0.1, -0.05) is 12.5 Å². The van der Waals surface area contributed by atoms with Crippen molar-refractivity contribution in [2.75, 3.05) is 6.54 Å². The molecule has 96 valence electrons. The predicted octanol–water partition coefficient (Wildman–Crippen LogP) is 2.56. The Hall–Kier alpha value is -2.12. The van der Waals surface area contributed by atoms with Crippen LogP contribution in [0.5, 0.6) is 0 Å². The Morgan fingerprint density at radius 3 is 3.11 bits per heavy atom. The summed E-state index contributed by atoms with van der Waals surface area (Å²) in [5, 5.41) is 12.5. The Labute approximate surface area is 112 Å². The van der Waals surface area contributed by atoms with Crippen molar-refractivity contribution in [3.8, 4) is 11.8 Å². The fourth-order valence-corrected chi connectivity index (χ4v) is 2.61. The van der Waals surface area contributed by atoms with E-state index < -0.39 is 0 Å². The molecular weight excluding hydrogens is 236 g/mol. The lowest BCUT2D eigenvalue weighted by molar-refractivity contribution is 0.402. The molecule has 1 fully saturated rings. The van der Waals surface area contributed by atoms with Crippen molar-refractivity contribution in [2.24, 2.45) is 0 Å². The van der Waals surface area contributed by atoms with Gasteiger partial charge in [-0.25, -0.2) is 4.98 Å². The first-order valence-corrected chi connectivity index (χ1v) is 6.64. The molecular formula is C15H16N4. The Bertz CT molecular complexity index is 603. The molecule has 1 aromatic heterocycles. The minimum atomic E-state index is 0.363. The summed E-state index contributed by atoms with van der Waals surface area (Å²) in [6, 6.07) is 10.2. The number of nitrogens with one attached hydrogen (secondary N) is 1. The van der Waals surface area contributed by atoms with Crippen LogP contribution in [0.2, 0.25) is 0 Å². The van der Waals surface area contributed by atoms with E-state index >= 15 is 0 Å². The van der Waals surface area contributed by atoms with Gasteiger partial charge in [-0.2, -0.15) is 5.26 Å². The Morgan fingerprint density at radius 2 is 2.32 bits per heavy atom. The second-order valence-corrected chi connectivity index (χ2v) is 4.85. The number of nitriles is 1. The zero-order valence-electron chi connectivity index (χ0n) is 10.7. The maximum atomic E-state index is 8.99. The van der Waals surface area contributed by atoms with Crippen LogP contribution in [0.1, 0.15) is 36.6 Å². The summed E-state index contributed by atoms with van der Waals surface area (Å²) in [6.07, 6.45) is 7.38. The summed E-state index contributed by atoms with van der Waals surface area (Å²) in [4.78, 5) is 4.27. The highest BCUT2D eigenvalue weighted by Crippen LogP contribution is 2.25. The lowest BCUT2D eigenvalue weighted by Gasteiger charge is -2.24. The first-order valence-electron chi connectivity index (χ1n) is 6.64. The van der Waals surface area contributed by atoms with E-state index in [1.807, 2.05) is 36.8 Å². The van der Waals surface area contributed by atoms with E-state index in [4.69, 9.17) is 5.26 Å². The third-order valence-electron chi connectivity index (χ3n) is 3.59. The van der Waals surface area contributed by atoms with Gasteiger partial charge in [-0.05, 0) is 37.6 Å². The van der Waals surface area contributed by atoms with E-state index in [2.05, 4.69) is 20.9 Å². The molecule has 1 saturated heterocycles. The van der Waals surface area contributed by atoms with Crippen molar-refractivity contribution in [3.63, 3.8) is 0 Å². The van der Waals surface area contributed by atoms with Gasteiger partial charge in [0.15, 0.2) is 0 Å². The van der Waals surface area contributed by atoms with Crippen molar-refractivity contribution in [1.82, 2.24) is 14.9 Å². The predicted molar refractivity (Wildman–Crippen MR) is 72.9 cm³/mol. The maximum absolute atomic E-state index is 8.99. The molecule has 1 atom stereocenters. The number of rotatable bonds is 2. The average Bonchev–Trinajstić information content (AvgIpc) is 2.98. The van der Waals surface area contributed by atoms with E-state index in [-0.39, 0.29) is 0 Å². The normalized spacial score (nSPS) is 19.0. The SMILES string of the molecule is N#Cc1cccc(-n2cncc2C2CCCCN2)c1. The van der Waals surface area contributed by atoms with Gasteiger partial charge in [-0.3, -0.25) is 0 Å². The molecule has 4 nitrogen and oxygen atoms in total. The number of imidazole rings is 1. The average molecular weight is 252 g/mol. The van der Waals surface area contributed by atoms with Crippen molar-refractivity contribution in [1.29, 1.82) is 5.26 Å². The number of hydrogen-bond donors (Lipinski definition) is 1. The monoisotopic (exact) mass is 252 g/mol. The van der Waals surface area contributed by atoms with Crippen LogP contribution in [-0.4, -0.2) is 16.1 Å². The third kappa shape index (κ3) is 2.38. The molecule has 1 aliphatic heterocycles. The van der Waals surface area contributed by atoms with Gasteiger partial charge < -0.3 is 9.88 Å². The van der Waals surface area contributed by atoms with Crippen LogP contribution in [-0.2, 0) is 0 Å². The van der Waals surface area contributed by atoms with E-state index in [1.165, 1.54) is 18.5 Å². The minimum absolute atomic E-state index is 0.363. The highest BCUT2D eigenvalue weighted by atomic mass is 15.1. The van der Waals surface area contributed by atoms with Crippen LogP contribution < -0.4 is 5.32 Å². The van der Waals surface area contributed by atoms with Gasteiger partial charge in [0, 0.05) is 11.7 Å². The van der Waals surface area contributed by atoms with Gasteiger partial charge in [0.2, 0.25) is 0 Å². The standard InChI is InChI=1S/C15H16N4/c16-9-12-4-3-5-13(8-12)19-11-17-10-15(19)14-6-1-2-7-18-14/h3-5,8,10-11,14,18H,1-2,6-7H2. The molecule has 4 heteroatoms. The topological polar surface area (TPSA) is 53.6 Å². The number of piperidine rings is 1. The summed E-state index contributed by atoms with van der Waals surface area (Å²) in [6.45, 7) is 1.06. The van der Waals surface area contributed by atoms with Gasteiger partial charge in [0.25, 0.3) is 0 Å². The quantitative estimate of drug-likeness (QED) is 0.893. The molecule has 3 rings (SSSR count). The maximum Gasteiger partial charge on any atom is 0.0994 e. The molecule has 0 spiro atoms. The zero-order valence-corrected chi connectivity index (χ0v) is 10.7. The number of benzene rings is 1. The molecule has 19 heavy (non-hydrogen) atoms. The molecule has 0 saturated carbocycles. The van der Waals surface area contributed by atoms with E-state index in [0.717, 1.165) is 18.7 Å². The van der Waals surface area contributed by atoms with Gasteiger partial charge in [-0.15, -0.1) is 0 Å². The molecule has 0 aliphatic carbocycles. The Balaban J connectivity index is 1.97. The number of hydrogen-bond acceptors (Lipinski definition) is 3. The summed E-state index contributed by atoms with van der Waals surface area (Å²) < 4.78 is 2.07. The minimum Gasteiger partial charge on any atom is -0.309 e. The highest BCUT2D eigenvalue weighted by Gasteiger charge is 2.18. The second kappa shape index (κ2) is 5.25. The molecule has 1 aromatic carbocycles. The van der Waals surface area contributed by atoms with Crippen LogP contribution in [0.4, 0.5) is 0 Å². The lowest BCUT2D eigenvalue weighted by atomic mass is 10.0. The smallest absolute Gasteiger partial charge is 0.0994 e. The zero-order chi connectivity index (χ0) is 13.1. The molecule has 1 unspecified atom stereocenters. The van der Waals surface area contributed by atoms with Crippen molar-refractivity contribution < 1.29 is 0 Å². The van der Waals surface area contributed by atoms with Crippen molar-refractivity contribution >= 4 is 0 Å². The van der Waals surface area contributed by atoms with Crippen molar-refractivity contribution in [3.05, 3.63) is 48.0 Å². The highest BCUT2D eigenvalue weighted by molar-refractivity contribution is 5.42. The molecule has 1 aliphatic rings. The van der Waals surface area contributed by atoms with E-state index in [1.54, 1.807) is 0 Å². The number of aromatic nitrogens is 2. The summed E-state index contributed by atoms with van der Waals surface area (Å²) in [7, 11) is 0. The molecule has 0 radical (unpaired) electrons. The van der Waals surface area contributed by atoms with E-state index in [9.17, 15) is 0 Å². The first kappa shape index (κ1) is 11.9. The fraction of sp³-hybridized carbons (Fsp3) is 0.333. The van der Waals surface area contributed by atoms with Gasteiger partial charge in [0.05, 0.1) is 29.9 Å². The van der Waals surface area contributed by atoms with Crippen LogP contribution in [0.25, 0.3) is 5.69 Å². The van der Waals surface area contributed by atoms with Crippen LogP contribution in [0.15, 0.2) is 36.8 Å². The van der Waals surface area contributed by atoms with Crippen LogP contribution in [0.3, 0.4) is 0 Å². The summed E-state index contributed by atoms with van der Waals surface area (Å²) >= 11 is 0. The Morgan fingerprint density at radius 1 is 1.37 bits per heavy atom. The van der Waals surface area contributed by atoms with Gasteiger partial charge >= 0.3 is 0 Å². The molecule has 2 aromatic rings. The molecule has 0 amide bonds. The largest absolute Gasteiger partial charge is 0.309 e. The summed E-state index contributed by atoms with van der Waals surface area (Å²) in [5.41, 5.74) is 2.85. The van der Waals surface area contributed by atoms with Crippen LogP contribution in [0, 0.1) is 11.3 Å². The second-order valence-electron chi connectivity index (χ2n) is 4.85. The van der Waals surface area contributed by atoms with Gasteiger partial charge in [0.1, 0.15) is 0 Å². The lowest BCUT2D eigenvalue weighted by Crippen LogP contribution is -2.28. The van der Waals surface area contributed by atoms with E-state index in [0.29, 0.717) is 11.6 Å². The van der Waals surface area contributed by atoms with Crippen LogP contribution >= 0.6 is 0 Å². The number of nitrogens with zero attached hydrogens (tertiary/aromatic N) is 3.